The van der Waals surface area contributed by atoms with E-state index in [4.69, 9.17) is 9.47 Å². The number of likely N-dealkylation sites (tertiary alicyclic amines) is 1. The maximum Gasteiger partial charge on any atom is 0.255 e. The van der Waals surface area contributed by atoms with Crippen molar-refractivity contribution in [2.75, 3.05) is 26.7 Å². The second-order valence-electron chi connectivity index (χ2n) is 9.60. The molecule has 3 aliphatic heterocycles. The Kier molecular flexibility index (Phi) is 7.02. The molecule has 2 fully saturated rings. The molecule has 0 unspecified atom stereocenters. The van der Waals surface area contributed by atoms with Gasteiger partial charge < -0.3 is 25.2 Å². The van der Waals surface area contributed by atoms with Crippen LogP contribution in [0.3, 0.4) is 0 Å². The third-order valence-corrected chi connectivity index (χ3v) is 6.86. The van der Waals surface area contributed by atoms with Crippen molar-refractivity contribution in [3.63, 3.8) is 0 Å². The molecule has 4 rings (SSSR count). The van der Waals surface area contributed by atoms with Crippen LogP contribution in [0.4, 0.5) is 0 Å². The number of likely N-dealkylation sites (N-methyl/N-ethyl adjacent to an activating group) is 1. The van der Waals surface area contributed by atoms with Crippen molar-refractivity contribution in [1.82, 2.24) is 15.5 Å². The number of hydrogen-bond acceptors (Lipinski definition) is 6. The summed E-state index contributed by atoms with van der Waals surface area (Å²) in [6.07, 6.45) is 1.48. The predicted molar refractivity (Wildman–Crippen MR) is 120 cm³/mol. The molecule has 2 amide bonds. The standard InChI is InChI=1S/C24H35N3O5/c1-14(2)15-4-6-18-21(10-15)31-9-8-17-5-7-20(28)22(32-17)12-25-24(30)19-11-16(13-27(19)3)26-23(18)29/h4,6,10,14,16-17,19-20,22,28H,5,7-9,11-13H2,1-3H3,(H,25,30)(H,26,29)/t16-,17-,19-,20-,22+/m0/s1. The van der Waals surface area contributed by atoms with E-state index < -0.39 is 12.2 Å². The lowest BCUT2D eigenvalue weighted by Crippen LogP contribution is -2.49. The lowest BCUT2D eigenvalue weighted by Gasteiger charge is -2.34. The number of carbonyl (C=O) groups excluding carboxylic acids is 2. The van der Waals surface area contributed by atoms with E-state index in [0.717, 1.165) is 12.0 Å². The van der Waals surface area contributed by atoms with Crippen molar-refractivity contribution in [3.05, 3.63) is 29.3 Å². The van der Waals surface area contributed by atoms with Gasteiger partial charge in [-0.3, -0.25) is 14.5 Å². The van der Waals surface area contributed by atoms with E-state index in [1.165, 1.54) is 0 Å². The van der Waals surface area contributed by atoms with E-state index in [1.807, 2.05) is 30.1 Å². The van der Waals surface area contributed by atoms with Crippen molar-refractivity contribution in [2.24, 2.45) is 0 Å². The fourth-order valence-corrected chi connectivity index (χ4v) is 4.84. The van der Waals surface area contributed by atoms with Gasteiger partial charge in [0.1, 0.15) is 11.9 Å². The first-order chi connectivity index (χ1) is 15.3. The summed E-state index contributed by atoms with van der Waals surface area (Å²) in [6, 6.07) is 5.29. The zero-order chi connectivity index (χ0) is 22.8. The van der Waals surface area contributed by atoms with E-state index in [0.29, 0.717) is 49.6 Å². The second-order valence-corrected chi connectivity index (χ2v) is 9.60. The summed E-state index contributed by atoms with van der Waals surface area (Å²) in [6.45, 7) is 5.50. The average molecular weight is 446 g/mol. The third kappa shape index (κ3) is 5.08. The molecular weight excluding hydrogens is 410 g/mol. The lowest BCUT2D eigenvalue weighted by molar-refractivity contribution is -0.133. The average Bonchev–Trinajstić information content (AvgIpc) is 3.12. The number of aliphatic hydroxyl groups is 1. The monoisotopic (exact) mass is 445 g/mol. The van der Waals surface area contributed by atoms with Crippen molar-refractivity contribution in [3.8, 4) is 5.75 Å². The summed E-state index contributed by atoms with van der Waals surface area (Å²) in [5.41, 5.74) is 1.62. The number of nitrogens with zero attached hydrogens (tertiary/aromatic N) is 1. The molecule has 5 atom stereocenters. The highest BCUT2D eigenvalue weighted by molar-refractivity contribution is 5.97. The van der Waals surface area contributed by atoms with Crippen LogP contribution in [0.2, 0.25) is 0 Å². The maximum atomic E-state index is 13.1. The van der Waals surface area contributed by atoms with Crippen LogP contribution in [-0.2, 0) is 9.53 Å². The number of hydrogen-bond donors (Lipinski definition) is 3. The summed E-state index contributed by atoms with van der Waals surface area (Å²) >= 11 is 0. The molecule has 4 bridgehead atoms. The highest BCUT2D eigenvalue weighted by atomic mass is 16.5. The Hall–Kier alpha value is -2.16. The third-order valence-electron chi connectivity index (χ3n) is 6.86. The van der Waals surface area contributed by atoms with Crippen LogP contribution in [0.25, 0.3) is 0 Å². The molecular formula is C24H35N3O5. The highest BCUT2D eigenvalue weighted by Gasteiger charge is 2.37. The number of carbonyl (C=O) groups is 2. The van der Waals surface area contributed by atoms with Gasteiger partial charge in [-0.15, -0.1) is 0 Å². The first kappa shape index (κ1) is 23.0. The summed E-state index contributed by atoms with van der Waals surface area (Å²) < 4.78 is 12.2. The van der Waals surface area contributed by atoms with Gasteiger partial charge in [0.25, 0.3) is 5.91 Å². The van der Waals surface area contributed by atoms with Crippen LogP contribution in [-0.4, -0.2) is 79.0 Å². The fourth-order valence-electron chi connectivity index (χ4n) is 4.84. The van der Waals surface area contributed by atoms with Crippen molar-refractivity contribution >= 4 is 11.8 Å². The van der Waals surface area contributed by atoms with Gasteiger partial charge in [0.15, 0.2) is 0 Å². The maximum absolute atomic E-state index is 13.1. The Bertz CT molecular complexity index is 845. The van der Waals surface area contributed by atoms with Crippen LogP contribution < -0.4 is 15.4 Å². The summed E-state index contributed by atoms with van der Waals surface area (Å²) in [4.78, 5) is 27.9. The van der Waals surface area contributed by atoms with E-state index in [9.17, 15) is 14.7 Å². The van der Waals surface area contributed by atoms with Crippen molar-refractivity contribution in [1.29, 1.82) is 0 Å². The molecule has 3 heterocycles. The van der Waals surface area contributed by atoms with Crippen LogP contribution in [0.1, 0.15) is 61.4 Å². The van der Waals surface area contributed by atoms with Crippen LogP contribution in [0, 0.1) is 0 Å². The number of ether oxygens (including phenoxy) is 2. The number of fused-ring (bicyclic) bond motifs is 5. The van der Waals surface area contributed by atoms with Gasteiger partial charge in [-0.05, 0) is 49.9 Å². The zero-order valence-electron chi connectivity index (χ0n) is 19.2. The molecule has 1 aromatic rings. The van der Waals surface area contributed by atoms with Gasteiger partial charge in [0.2, 0.25) is 5.91 Å². The van der Waals surface area contributed by atoms with Gasteiger partial charge in [0, 0.05) is 25.6 Å². The van der Waals surface area contributed by atoms with Crippen molar-refractivity contribution in [2.45, 2.75) is 75.8 Å². The van der Waals surface area contributed by atoms with Gasteiger partial charge >= 0.3 is 0 Å². The van der Waals surface area contributed by atoms with E-state index in [2.05, 4.69) is 24.5 Å². The minimum atomic E-state index is -0.589. The van der Waals surface area contributed by atoms with Gasteiger partial charge in [0.05, 0.1) is 30.4 Å². The molecule has 3 N–H and O–H groups in total. The van der Waals surface area contributed by atoms with Crippen LogP contribution in [0.5, 0.6) is 5.75 Å². The molecule has 0 spiro atoms. The molecule has 0 aliphatic carbocycles. The second kappa shape index (κ2) is 9.77. The predicted octanol–water partition coefficient (Wildman–Crippen LogP) is 1.42. The Balaban J connectivity index is 1.59. The Labute approximate surface area is 189 Å². The van der Waals surface area contributed by atoms with Gasteiger partial charge in [-0.2, -0.15) is 0 Å². The van der Waals surface area contributed by atoms with Crippen LogP contribution in [0.15, 0.2) is 18.2 Å². The summed E-state index contributed by atoms with van der Waals surface area (Å²) in [5.74, 6) is 0.617. The highest BCUT2D eigenvalue weighted by Crippen LogP contribution is 2.28. The number of rotatable bonds is 1. The normalized spacial score (nSPS) is 32.1. The molecule has 176 valence electrons. The molecule has 32 heavy (non-hydrogen) atoms. The quantitative estimate of drug-likeness (QED) is 0.605. The first-order valence-electron chi connectivity index (χ1n) is 11.7. The molecule has 0 saturated carbocycles. The Morgan fingerprint density at radius 3 is 2.78 bits per heavy atom. The molecule has 8 heteroatoms. The molecule has 3 aliphatic rings. The molecule has 1 aromatic carbocycles. The molecule has 2 saturated heterocycles. The number of amides is 2. The lowest BCUT2D eigenvalue weighted by atomic mass is 9.99. The fraction of sp³-hybridized carbons (Fsp3) is 0.667. The minimum absolute atomic E-state index is 0.0581. The number of aliphatic hydroxyl groups excluding tert-OH is 1. The van der Waals surface area contributed by atoms with E-state index in [-0.39, 0.29) is 36.5 Å². The van der Waals surface area contributed by atoms with Gasteiger partial charge in [-0.1, -0.05) is 19.9 Å². The number of benzene rings is 1. The molecule has 0 radical (unpaired) electrons. The Morgan fingerprint density at radius 1 is 1.19 bits per heavy atom. The largest absolute Gasteiger partial charge is 0.493 e. The number of nitrogens with one attached hydrogen (secondary N) is 2. The van der Waals surface area contributed by atoms with E-state index >= 15 is 0 Å². The smallest absolute Gasteiger partial charge is 0.255 e. The minimum Gasteiger partial charge on any atom is -0.493 e. The molecule has 0 aromatic heterocycles. The molecule has 8 nitrogen and oxygen atoms in total. The van der Waals surface area contributed by atoms with E-state index in [1.54, 1.807) is 0 Å². The van der Waals surface area contributed by atoms with Crippen LogP contribution >= 0.6 is 0 Å². The zero-order valence-corrected chi connectivity index (χ0v) is 19.2. The SMILES string of the molecule is CC(C)c1ccc2c(c1)OCC[C@@H]1CC[C@H](O)[C@@H](CNC(=O)[C@@H]3C[C@@H](CN3C)NC2=O)O1. The topological polar surface area (TPSA) is 100 Å². The van der Waals surface area contributed by atoms with Crippen molar-refractivity contribution < 1.29 is 24.2 Å². The van der Waals surface area contributed by atoms with Gasteiger partial charge in [-0.25, -0.2) is 0 Å². The first-order valence-corrected chi connectivity index (χ1v) is 11.7. The summed E-state index contributed by atoms with van der Waals surface area (Å²) in [7, 11) is 1.89. The summed E-state index contributed by atoms with van der Waals surface area (Å²) in [5, 5.41) is 16.4. The Morgan fingerprint density at radius 2 is 2.00 bits per heavy atom.